The van der Waals surface area contributed by atoms with Gasteiger partial charge in [0, 0.05) is 17.1 Å². The molecule has 2 atom stereocenters. The molecule has 1 N–H and O–H groups in total. The lowest BCUT2D eigenvalue weighted by atomic mass is 10.0. The maximum absolute atomic E-state index is 5.96. The average molecular weight is 300 g/mol. The molecular weight excluding hydrogens is 274 g/mol. The minimum Gasteiger partial charge on any atom is -0.307 e. The summed E-state index contributed by atoms with van der Waals surface area (Å²) in [6, 6.07) is 9.26. The summed E-state index contributed by atoms with van der Waals surface area (Å²) >= 11 is 7.98. The van der Waals surface area contributed by atoms with E-state index in [0.717, 1.165) is 5.02 Å². The fourth-order valence-electron chi connectivity index (χ4n) is 2.16. The number of benzene rings is 1. The molecule has 1 nitrogen and oxygen atoms in total. The molecule has 0 fully saturated rings. The molecule has 3 heteroatoms. The molecule has 0 radical (unpaired) electrons. The summed E-state index contributed by atoms with van der Waals surface area (Å²) in [5, 5.41) is 4.57. The zero-order chi connectivity index (χ0) is 14.1. The lowest BCUT2D eigenvalue weighted by Gasteiger charge is -2.23. The molecule has 0 aliphatic carbocycles. The maximum atomic E-state index is 5.96. The van der Waals surface area contributed by atoms with Gasteiger partial charge in [0.2, 0.25) is 0 Å². The summed E-state index contributed by atoms with van der Waals surface area (Å²) in [5.41, 5.74) is 1.35. The van der Waals surface area contributed by atoms with Crippen molar-refractivity contribution in [2.75, 3.05) is 11.5 Å². The average Bonchev–Trinajstić information content (AvgIpc) is 2.39. The van der Waals surface area contributed by atoms with Gasteiger partial charge in [-0.2, -0.15) is 11.8 Å². The summed E-state index contributed by atoms with van der Waals surface area (Å²) in [4.78, 5) is 0. The van der Waals surface area contributed by atoms with Crippen LogP contribution in [-0.2, 0) is 0 Å². The Bertz CT molecular complexity index is 339. The minimum atomic E-state index is 0.448. The molecule has 0 amide bonds. The maximum Gasteiger partial charge on any atom is 0.0406 e. The van der Waals surface area contributed by atoms with Crippen molar-refractivity contribution >= 4 is 23.4 Å². The fourth-order valence-corrected chi connectivity index (χ4v) is 3.10. The highest BCUT2D eigenvalue weighted by molar-refractivity contribution is 7.99. The first-order chi connectivity index (χ1) is 9.17. The van der Waals surface area contributed by atoms with Gasteiger partial charge in [0.05, 0.1) is 0 Å². The van der Waals surface area contributed by atoms with Gasteiger partial charge in [-0.3, -0.25) is 0 Å². The summed E-state index contributed by atoms with van der Waals surface area (Å²) in [6.07, 6.45) is 3.59. The molecule has 1 aromatic carbocycles. The Hall–Kier alpha value is -0.180. The van der Waals surface area contributed by atoms with Crippen LogP contribution in [0.5, 0.6) is 0 Å². The van der Waals surface area contributed by atoms with Gasteiger partial charge >= 0.3 is 0 Å². The van der Waals surface area contributed by atoms with E-state index in [9.17, 15) is 0 Å². The Balaban J connectivity index is 2.54. The van der Waals surface area contributed by atoms with Crippen molar-refractivity contribution in [1.82, 2.24) is 5.32 Å². The third kappa shape index (κ3) is 6.69. The van der Waals surface area contributed by atoms with Gasteiger partial charge in [0.15, 0.2) is 0 Å². The van der Waals surface area contributed by atoms with Crippen LogP contribution in [0.15, 0.2) is 24.3 Å². The van der Waals surface area contributed by atoms with Crippen LogP contribution in [-0.4, -0.2) is 17.5 Å². The predicted octanol–water partition coefficient (Wildman–Crippen LogP) is 5.30. The Labute approximate surface area is 127 Å². The molecule has 0 aromatic heterocycles. The van der Waals surface area contributed by atoms with E-state index in [1.54, 1.807) is 0 Å². The van der Waals surface area contributed by atoms with Crippen molar-refractivity contribution in [2.24, 2.45) is 0 Å². The van der Waals surface area contributed by atoms with Crippen LogP contribution in [0.3, 0.4) is 0 Å². The number of rotatable bonds is 9. The Morgan fingerprint density at radius 2 is 1.84 bits per heavy atom. The van der Waals surface area contributed by atoms with Gasteiger partial charge in [0.1, 0.15) is 0 Å². The molecule has 0 heterocycles. The second-order valence-corrected chi connectivity index (χ2v) is 6.78. The molecule has 2 unspecified atom stereocenters. The Morgan fingerprint density at radius 1 is 1.16 bits per heavy atom. The number of nitrogens with one attached hydrogen (secondary N) is 1. The lowest BCUT2D eigenvalue weighted by Crippen LogP contribution is -2.31. The normalized spacial score (nSPS) is 14.3. The van der Waals surface area contributed by atoms with E-state index in [-0.39, 0.29) is 0 Å². The van der Waals surface area contributed by atoms with Crippen LogP contribution in [0.2, 0.25) is 5.02 Å². The van der Waals surface area contributed by atoms with E-state index in [1.165, 1.54) is 36.3 Å². The van der Waals surface area contributed by atoms with Crippen molar-refractivity contribution in [1.29, 1.82) is 0 Å². The third-order valence-electron chi connectivity index (χ3n) is 3.23. The molecule has 1 aromatic rings. The van der Waals surface area contributed by atoms with Crippen LogP contribution in [0.4, 0.5) is 0 Å². The molecule has 0 aliphatic rings. The highest BCUT2D eigenvalue weighted by atomic mass is 35.5. The van der Waals surface area contributed by atoms with Crippen molar-refractivity contribution in [3.05, 3.63) is 34.9 Å². The smallest absolute Gasteiger partial charge is 0.0406 e. The van der Waals surface area contributed by atoms with Gasteiger partial charge in [-0.25, -0.2) is 0 Å². The van der Waals surface area contributed by atoms with E-state index in [1.807, 2.05) is 23.9 Å². The van der Waals surface area contributed by atoms with E-state index in [0.29, 0.717) is 12.1 Å². The van der Waals surface area contributed by atoms with Gasteiger partial charge in [-0.1, -0.05) is 44.0 Å². The minimum absolute atomic E-state index is 0.448. The predicted molar refractivity (Wildman–Crippen MR) is 89.3 cm³/mol. The molecule has 0 bridgehead atoms. The Morgan fingerprint density at radius 3 is 2.42 bits per heavy atom. The summed E-state index contributed by atoms with van der Waals surface area (Å²) in [6.45, 7) is 6.74. The fraction of sp³-hybridized carbons (Fsp3) is 0.625. The van der Waals surface area contributed by atoms with Crippen LogP contribution in [0.1, 0.15) is 51.6 Å². The second-order valence-electron chi connectivity index (χ2n) is 4.95. The molecule has 0 saturated heterocycles. The molecular formula is C16H26ClNS. The molecule has 108 valence electrons. The lowest BCUT2D eigenvalue weighted by molar-refractivity contribution is 0.425. The first kappa shape index (κ1) is 16.9. The van der Waals surface area contributed by atoms with E-state index in [4.69, 9.17) is 11.6 Å². The SMILES string of the molecule is CCCC(NC(C)CCSCC)c1ccc(Cl)cc1. The highest BCUT2D eigenvalue weighted by Crippen LogP contribution is 2.22. The summed E-state index contributed by atoms with van der Waals surface area (Å²) in [5.74, 6) is 2.45. The topological polar surface area (TPSA) is 12.0 Å². The highest BCUT2D eigenvalue weighted by Gasteiger charge is 2.13. The van der Waals surface area contributed by atoms with E-state index < -0.39 is 0 Å². The van der Waals surface area contributed by atoms with Gasteiger partial charge in [0.25, 0.3) is 0 Å². The number of thioether (sulfide) groups is 1. The molecule has 0 spiro atoms. The van der Waals surface area contributed by atoms with Gasteiger partial charge < -0.3 is 5.32 Å². The van der Waals surface area contributed by atoms with E-state index in [2.05, 4.69) is 38.2 Å². The van der Waals surface area contributed by atoms with Gasteiger partial charge in [-0.05, 0) is 49.0 Å². The largest absolute Gasteiger partial charge is 0.307 e. The zero-order valence-corrected chi connectivity index (χ0v) is 13.9. The van der Waals surface area contributed by atoms with Crippen molar-refractivity contribution in [3.63, 3.8) is 0 Å². The van der Waals surface area contributed by atoms with Crippen LogP contribution < -0.4 is 5.32 Å². The van der Waals surface area contributed by atoms with Crippen molar-refractivity contribution in [3.8, 4) is 0 Å². The van der Waals surface area contributed by atoms with Gasteiger partial charge in [-0.15, -0.1) is 0 Å². The second kappa shape index (κ2) is 9.68. The number of halogens is 1. The number of hydrogen-bond acceptors (Lipinski definition) is 2. The summed E-state index contributed by atoms with van der Waals surface area (Å²) in [7, 11) is 0. The van der Waals surface area contributed by atoms with Crippen LogP contribution in [0, 0.1) is 0 Å². The van der Waals surface area contributed by atoms with Crippen LogP contribution in [0.25, 0.3) is 0 Å². The number of hydrogen-bond donors (Lipinski definition) is 1. The standard InChI is InChI=1S/C16H26ClNS/c1-4-6-16(14-7-9-15(17)10-8-14)18-13(3)11-12-19-5-2/h7-10,13,16,18H,4-6,11-12H2,1-3H3. The zero-order valence-electron chi connectivity index (χ0n) is 12.3. The quantitative estimate of drug-likeness (QED) is 0.621. The van der Waals surface area contributed by atoms with Crippen molar-refractivity contribution in [2.45, 2.75) is 52.1 Å². The van der Waals surface area contributed by atoms with E-state index >= 15 is 0 Å². The first-order valence-electron chi connectivity index (χ1n) is 7.26. The third-order valence-corrected chi connectivity index (χ3v) is 4.42. The summed E-state index contributed by atoms with van der Waals surface area (Å²) < 4.78 is 0. The molecule has 0 saturated carbocycles. The molecule has 19 heavy (non-hydrogen) atoms. The Kier molecular flexibility index (Phi) is 8.60. The monoisotopic (exact) mass is 299 g/mol. The molecule has 0 aliphatic heterocycles. The van der Waals surface area contributed by atoms with Crippen LogP contribution >= 0.6 is 23.4 Å². The molecule has 1 rings (SSSR count). The van der Waals surface area contributed by atoms with Crippen molar-refractivity contribution < 1.29 is 0 Å². The first-order valence-corrected chi connectivity index (χ1v) is 8.79.